The van der Waals surface area contributed by atoms with Gasteiger partial charge >= 0.3 is 0 Å². The Kier molecular flexibility index (Phi) is 6.22. The van der Waals surface area contributed by atoms with Crippen molar-refractivity contribution < 1.29 is 4.74 Å². The van der Waals surface area contributed by atoms with Gasteiger partial charge in [-0.25, -0.2) is 4.99 Å². The second-order valence-corrected chi connectivity index (χ2v) is 4.32. The lowest BCUT2D eigenvalue weighted by Gasteiger charge is -2.13. The van der Waals surface area contributed by atoms with E-state index >= 15 is 0 Å². The van der Waals surface area contributed by atoms with Crippen molar-refractivity contribution >= 4 is 5.96 Å². The molecule has 4 nitrogen and oxygen atoms in total. The van der Waals surface area contributed by atoms with E-state index in [1.54, 1.807) is 7.11 Å². The van der Waals surface area contributed by atoms with Crippen molar-refractivity contribution in [2.24, 2.45) is 10.7 Å². The maximum atomic E-state index is 5.83. The molecule has 0 saturated carbocycles. The summed E-state index contributed by atoms with van der Waals surface area (Å²) in [7, 11) is 1.67. The molecule has 0 bridgehead atoms. The van der Waals surface area contributed by atoms with E-state index in [1.807, 2.05) is 19.1 Å². The van der Waals surface area contributed by atoms with Gasteiger partial charge in [-0.05, 0) is 24.5 Å². The number of ether oxygens (including phenoxy) is 1. The highest BCUT2D eigenvalue weighted by molar-refractivity contribution is 5.78. The zero-order valence-electron chi connectivity index (χ0n) is 11.4. The summed E-state index contributed by atoms with van der Waals surface area (Å²) in [5.74, 6) is 0.463. The zero-order valence-corrected chi connectivity index (χ0v) is 11.4. The third-order valence-corrected chi connectivity index (χ3v) is 2.73. The first kappa shape index (κ1) is 14.5. The molecule has 0 aromatic heterocycles. The molecule has 0 aliphatic heterocycles. The van der Waals surface area contributed by atoms with Gasteiger partial charge in [-0.2, -0.15) is 0 Å². The van der Waals surface area contributed by atoms with E-state index in [4.69, 9.17) is 10.5 Å². The molecular formula is C14H23N3O. The minimum atomic E-state index is 0.167. The van der Waals surface area contributed by atoms with Gasteiger partial charge in [0, 0.05) is 13.2 Å². The molecule has 0 heterocycles. The summed E-state index contributed by atoms with van der Waals surface area (Å²) in [5, 5.41) is 3.09. The highest BCUT2D eigenvalue weighted by atomic mass is 16.5. The van der Waals surface area contributed by atoms with Crippen LogP contribution in [-0.2, 0) is 17.7 Å². The first-order valence-corrected chi connectivity index (χ1v) is 6.29. The van der Waals surface area contributed by atoms with E-state index in [0.717, 1.165) is 6.42 Å². The molecule has 1 aromatic rings. The maximum absolute atomic E-state index is 5.83. The van der Waals surface area contributed by atoms with E-state index in [2.05, 4.69) is 29.4 Å². The second-order valence-electron chi connectivity index (χ2n) is 4.32. The Balaban J connectivity index is 2.57. The molecule has 0 saturated heterocycles. The van der Waals surface area contributed by atoms with E-state index in [0.29, 0.717) is 19.1 Å². The van der Waals surface area contributed by atoms with E-state index in [1.165, 1.54) is 11.1 Å². The predicted molar refractivity (Wildman–Crippen MR) is 75.6 cm³/mol. The number of methoxy groups -OCH3 is 1. The molecule has 4 heteroatoms. The standard InChI is InChI=1S/C14H23N3O/c1-4-12-7-5-6-8-13(12)9-16-14(15)17-11(2)10-18-3/h5-8,11H,4,9-10H2,1-3H3,(H3,15,16,17). The number of benzene rings is 1. The van der Waals surface area contributed by atoms with Crippen molar-refractivity contribution in [2.75, 3.05) is 13.7 Å². The van der Waals surface area contributed by atoms with Crippen LogP contribution in [0, 0.1) is 0 Å². The molecule has 0 fully saturated rings. The Labute approximate surface area is 109 Å². The van der Waals surface area contributed by atoms with Gasteiger partial charge < -0.3 is 15.8 Å². The molecule has 0 amide bonds. The number of guanidine groups is 1. The molecule has 1 unspecified atom stereocenters. The molecule has 1 atom stereocenters. The summed E-state index contributed by atoms with van der Waals surface area (Å²) in [4.78, 5) is 4.35. The first-order chi connectivity index (χ1) is 8.67. The van der Waals surface area contributed by atoms with Crippen molar-refractivity contribution in [2.45, 2.75) is 32.9 Å². The zero-order chi connectivity index (χ0) is 13.4. The summed E-state index contributed by atoms with van der Waals surface area (Å²) < 4.78 is 5.03. The number of aryl methyl sites for hydroxylation is 1. The third-order valence-electron chi connectivity index (χ3n) is 2.73. The van der Waals surface area contributed by atoms with Gasteiger partial charge in [0.2, 0.25) is 0 Å². The highest BCUT2D eigenvalue weighted by Crippen LogP contribution is 2.10. The molecule has 0 aliphatic rings. The Morgan fingerprint density at radius 1 is 1.39 bits per heavy atom. The molecule has 3 N–H and O–H groups in total. The Morgan fingerprint density at radius 2 is 2.06 bits per heavy atom. The number of nitrogens with two attached hydrogens (primary N) is 1. The van der Waals surface area contributed by atoms with Crippen LogP contribution in [0.25, 0.3) is 0 Å². The van der Waals surface area contributed by atoms with E-state index < -0.39 is 0 Å². The van der Waals surface area contributed by atoms with Gasteiger partial charge in [0.15, 0.2) is 5.96 Å². The highest BCUT2D eigenvalue weighted by Gasteiger charge is 2.02. The third kappa shape index (κ3) is 4.75. The van der Waals surface area contributed by atoms with Gasteiger partial charge in [0.05, 0.1) is 13.2 Å². The van der Waals surface area contributed by atoms with Crippen molar-refractivity contribution in [3.63, 3.8) is 0 Å². The largest absolute Gasteiger partial charge is 0.383 e. The van der Waals surface area contributed by atoms with Crippen molar-refractivity contribution in [1.82, 2.24) is 5.32 Å². The summed E-state index contributed by atoms with van der Waals surface area (Å²) in [6.45, 7) is 5.38. The fourth-order valence-corrected chi connectivity index (χ4v) is 1.82. The van der Waals surface area contributed by atoms with E-state index in [-0.39, 0.29) is 6.04 Å². The molecule has 1 aromatic carbocycles. The molecule has 0 radical (unpaired) electrons. The maximum Gasteiger partial charge on any atom is 0.189 e. The normalized spacial score (nSPS) is 13.4. The van der Waals surface area contributed by atoms with Gasteiger partial charge in [-0.3, -0.25) is 0 Å². The number of aliphatic imine (C=N–C) groups is 1. The summed E-state index contributed by atoms with van der Waals surface area (Å²) in [6.07, 6.45) is 1.01. The van der Waals surface area contributed by atoms with Crippen LogP contribution in [0.2, 0.25) is 0 Å². The van der Waals surface area contributed by atoms with Crippen LogP contribution in [0.4, 0.5) is 0 Å². The Hall–Kier alpha value is -1.55. The molecule has 0 spiro atoms. The van der Waals surface area contributed by atoms with Crippen LogP contribution >= 0.6 is 0 Å². The number of nitrogens with one attached hydrogen (secondary N) is 1. The summed E-state index contributed by atoms with van der Waals surface area (Å²) >= 11 is 0. The molecule has 0 aliphatic carbocycles. The van der Waals surface area contributed by atoms with Crippen LogP contribution in [0.15, 0.2) is 29.3 Å². The second kappa shape index (κ2) is 7.71. The predicted octanol–water partition coefficient (Wildman–Crippen LogP) is 1.69. The summed E-state index contributed by atoms with van der Waals surface area (Å²) in [5.41, 5.74) is 8.37. The average molecular weight is 249 g/mol. The lowest BCUT2D eigenvalue weighted by Crippen LogP contribution is -2.40. The fourth-order valence-electron chi connectivity index (χ4n) is 1.82. The smallest absolute Gasteiger partial charge is 0.189 e. The molecule has 1 rings (SSSR count). The SMILES string of the molecule is CCc1ccccc1CN=C(N)NC(C)COC. The quantitative estimate of drug-likeness (QED) is 0.596. The van der Waals surface area contributed by atoms with Crippen LogP contribution in [-0.4, -0.2) is 25.7 Å². The van der Waals surface area contributed by atoms with Gasteiger partial charge in [0.25, 0.3) is 0 Å². The number of hydrogen-bond acceptors (Lipinski definition) is 2. The van der Waals surface area contributed by atoms with Crippen molar-refractivity contribution in [3.8, 4) is 0 Å². The average Bonchev–Trinajstić information content (AvgIpc) is 2.37. The number of nitrogens with zero attached hydrogens (tertiary/aromatic N) is 1. The minimum absolute atomic E-state index is 0.167. The van der Waals surface area contributed by atoms with Crippen molar-refractivity contribution in [1.29, 1.82) is 0 Å². The van der Waals surface area contributed by atoms with Crippen LogP contribution in [0.5, 0.6) is 0 Å². The van der Waals surface area contributed by atoms with Gasteiger partial charge in [-0.15, -0.1) is 0 Å². The summed E-state index contributed by atoms with van der Waals surface area (Å²) in [6, 6.07) is 8.46. The van der Waals surface area contributed by atoms with Crippen LogP contribution in [0.1, 0.15) is 25.0 Å². The first-order valence-electron chi connectivity index (χ1n) is 6.29. The lowest BCUT2D eigenvalue weighted by atomic mass is 10.1. The number of rotatable bonds is 6. The Bertz CT molecular complexity index is 390. The van der Waals surface area contributed by atoms with Crippen LogP contribution in [0.3, 0.4) is 0 Å². The topological polar surface area (TPSA) is 59.6 Å². The van der Waals surface area contributed by atoms with Crippen molar-refractivity contribution in [3.05, 3.63) is 35.4 Å². The Morgan fingerprint density at radius 3 is 2.67 bits per heavy atom. The van der Waals surface area contributed by atoms with Gasteiger partial charge in [0.1, 0.15) is 0 Å². The molecule has 100 valence electrons. The van der Waals surface area contributed by atoms with Gasteiger partial charge in [-0.1, -0.05) is 31.2 Å². The minimum Gasteiger partial charge on any atom is -0.383 e. The number of hydrogen-bond donors (Lipinski definition) is 2. The fraction of sp³-hybridized carbons (Fsp3) is 0.500. The lowest BCUT2D eigenvalue weighted by molar-refractivity contribution is 0.179. The van der Waals surface area contributed by atoms with E-state index in [9.17, 15) is 0 Å². The molecular weight excluding hydrogens is 226 g/mol. The molecule has 18 heavy (non-hydrogen) atoms. The van der Waals surface area contributed by atoms with Crippen LogP contribution < -0.4 is 11.1 Å². The monoisotopic (exact) mass is 249 g/mol.